The third kappa shape index (κ3) is 7.41. The monoisotopic (exact) mass is 522 g/mol. The summed E-state index contributed by atoms with van der Waals surface area (Å²) >= 11 is 6.31. The first-order valence-electron chi connectivity index (χ1n) is 10.7. The Bertz CT molecular complexity index is 1100. The normalized spacial score (nSPS) is 20.8. The van der Waals surface area contributed by atoms with Crippen molar-refractivity contribution >= 4 is 29.4 Å². The van der Waals surface area contributed by atoms with Crippen LogP contribution < -0.4 is 22.1 Å². The van der Waals surface area contributed by atoms with Crippen molar-refractivity contribution in [1.82, 2.24) is 10.6 Å². The molecule has 0 fully saturated rings. The maximum atomic E-state index is 12.9. The number of halogens is 1. The predicted octanol–water partition coefficient (Wildman–Crippen LogP) is 1.17. The van der Waals surface area contributed by atoms with Crippen molar-refractivity contribution in [3.8, 4) is 16.9 Å². The van der Waals surface area contributed by atoms with E-state index in [1.807, 2.05) is 0 Å². The number of phenolic OH excluding ortho intramolecular Hbond substituents is 1. The van der Waals surface area contributed by atoms with Crippen LogP contribution >= 0.6 is 11.6 Å². The van der Waals surface area contributed by atoms with Gasteiger partial charge in [0.1, 0.15) is 17.8 Å². The van der Waals surface area contributed by atoms with E-state index in [9.17, 15) is 29.7 Å². The van der Waals surface area contributed by atoms with Gasteiger partial charge in [0.2, 0.25) is 11.8 Å². The van der Waals surface area contributed by atoms with E-state index in [0.29, 0.717) is 27.3 Å². The van der Waals surface area contributed by atoms with E-state index in [-0.39, 0.29) is 46.4 Å². The van der Waals surface area contributed by atoms with Gasteiger partial charge in [-0.2, -0.15) is 0 Å². The van der Waals surface area contributed by atoms with Crippen LogP contribution in [0.25, 0.3) is 11.1 Å². The summed E-state index contributed by atoms with van der Waals surface area (Å²) in [5, 5.41) is 35.2. The molecule has 2 aromatic rings. The number of rotatable bonds is 4. The second kappa shape index (κ2) is 13.2. The quantitative estimate of drug-likeness (QED) is 0.311. The topological polar surface area (TPSA) is 188 Å². The van der Waals surface area contributed by atoms with Crippen LogP contribution in [0.2, 0.25) is 5.02 Å². The van der Waals surface area contributed by atoms with Crippen molar-refractivity contribution < 1.29 is 29.7 Å². The maximum Gasteiger partial charge on any atom is 0.326 e. The lowest BCUT2D eigenvalue weighted by molar-refractivity contribution is -0.142. The third-order valence-corrected chi connectivity index (χ3v) is 6.06. The number of phenols is 1. The number of nitrogens with one attached hydrogen (secondary N) is 2. The van der Waals surface area contributed by atoms with E-state index in [4.69, 9.17) is 23.1 Å². The summed E-state index contributed by atoms with van der Waals surface area (Å²) < 4.78 is 0. The second-order valence-corrected chi connectivity index (χ2v) is 8.66. The highest BCUT2D eigenvalue weighted by Gasteiger charge is 2.30. The van der Waals surface area contributed by atoms with Crippen LogP contribution in [-0.4, -0.2) is 63.9 Å². The number of hydrogen-bond acceptors (Lipinski definition) is 7. The molecule has 11 heteroatoms. The van der Waals surface area contributed by atoms with Crippen molar-refractivity contribution in [2.45, 2.75) is 58.3 Å². The van der Waals surface area contributed by atoms with E-state index in [1.54, 1.807) is 30.3 Å². The number of carboxylic acid groups (broad SMARTS) is 1. The molecule has 2 aromatic carbocycles. The summed E-state index contributed by atoms with van der Waals surface area (Å²) in [7, 11) is 0. The maximum absolute atomic E-state index is 12.9. The molecule has 4 bridgehead atoms. The number of amides is 2. The summed E-state index contributed by atoms with van der Waals surface area (Å²) in [6.07, 6.45) is -1.52. The highest BCUT2D eigenvalue weighted by atomic mass is 35.5. The van der Waals surface area contributed by atoms with Gasteiger partial charge in [-0.05, 0) is 46.5 Å². The standard InChI is InChI=1S/C23H27ClN4O6.2CH4/c24-16-3-1-11-5-13(16)8-19(23(33)34)28-22(32)18(9-15(29)10-25)27-21(31)17(26)7-14-6-12(11)2-4-20(14)30;;/h1-6,15,17-19,29-30H,7-10,25-26H2,(H,27,31)(H,28,32)(H,33,34);2*1H4/t15-,17+,18+,19+;;/m1../s1. The van der Waals surface area contributed by atoms with Gasteiger partial charge in [-0.3, -0.25) is 9.59 Å². The zero-order chi connectivity index (χ0) is 25.0. The van der Waals surface area contributed by atoms with Gasteiger partial charge in [0, 0.05) is 30.8 Å². The molecule has 0 saturated heterocycles. The molecule has 0 radical (unpaired) electrons. The highest BCUT2D eigenvalue weighted by molar-refractivity contribution is 6.31. The molecule has 1 aliphatic heterocycles. The zero-order valence-electron chi connectivity index (χ0n) is 18.2. The van der Waals surface area contributed by atoms with Crippen LogP contribution in [0, 0.1) is 0 Å². The number of nitrogens with two attached hydrogens (primary N) is 2. The average Bonchev–Trinajstić information content (AvgIpc) is 2.79. The van der Waals surface area contributed by atoms with Crippen LogP contribution in [0.1, 0.15) is 32.4 Å². The fourth-order valence-electron chi connectivity index (χ4n) is 3.74. The fraction of sp³-hybridized carbons (Fsp3) is 0.400. The highest BCUT2D eigenvalue weighted by Crippen LogP contribution is 2.30. The Labute approximate surface area is 215 Å². The minimum absolute atomic E-state index is 0. The van der Waals surface area contributed by atoms with E-state index in [1.165, 1.54) is 6.07 Å². The minimum Gasteiger partial charge on any atom is -0.508 e. The molecule has 2 amide bonds. The molecule has 9 N–H and O–H groups in total. The number of aliphatic carboxylic acids is 1. The van der Waals surface area contributed by atoms with Crippen LogP contribution in [0.5, 0.6) is 5.75 Å². The number of fused-ring (bicyclic) bond motifs is 5. The molecular formula is C25H35ClN4O6. The summed E-state index contributed by atoms with van der Waals surface area (Å²) in [4.78, 5) is 37.6. The molecule has 0 spiro atoms. The number of aliphatic hydroxyl groups is 1. The van der Waals surface area contributed by atoms with Gasteiger partial charge in [0.05, 0.1) is 12.1 Å². The van der Waals surface area contributed by atoms with Crippen molar-refractivity contribution in [2.24, 2.45) is 11.5 Å². The van der Waals surface area contributed by atoms with Crippen LogP contribution in [0.3, 0.4) is 0 Å². The largest absolute Gasteiger partial charge is 0.508 e. The first kappa shape index (κ1) is 30.9. The summed E-state index contributed by atoms with van der Waals surface area (Å²) in [5.74, 6) is -2.87. The van der Waals surface area contributed by atoms with Gasteiger partial charge in [-0.15, -0.1) is 0 Å². The van der Waals surface area contributed by atoms with Crippen LogP contribution in [0.15, 0.2) is 36.4 Å². The summed E-state index contributed by atoms with van der Waals surface area (Å²) in [6, 6.07) is 6.13. The fourth-order valence-corrected chi connectivity index (χ4v) is 3.93. The zero-order valence-corrected chi connectivity index (χ0v) is 19.0. The molecule has 0 aliphatic carbocycles. The number of carboxylic acids is 1. The number of carbonyl (C=O) groups excluding carboxylic acids is 2. The molecule has 0 saturated carbocycles. The lowest BCUT2D eigenvalue weighted by atomic mass is 9.96. The second-order valence-electron chi connectivity index (χ2n) is 8.25. The molecule has 1 aliphatic rings. The van der Waals surface area contributed by atoms with Gasteiger partial charge in [0.15, 0.2) is 0 Å². The van der Waals surface area contributed by atoms with E-state index >= 15 is 0 Å². The van der Waals surface area contributed by atoms with Crippen molar-refractivity contribution in [1.29, 1.82) is 0 Å². The Hall–Kier alpha value is -3.18. The number of carbonyl (C=O) groups is 3. The van der Waals surface area contributed by atoms with Gasteiger partial charge >= 0.3 is 5.97 Å². The Balaban J connectivity index is 0.00000324. The Kier molecular flexibility index (Phi) is 11.3. The molecule has 10 nitrogen and oxygen atoms in total. The lowest BCUT2D eigenvalue weighted by Gasteiger charge is -2.24. The average molecular weight is 523 g/mol. The van der Waals surface area contributed by atoms with Gasteiger partial charge < -0.3 is 37.4 Å². The lowest BCUT2D eigenvalue weighted by Crippen LogP contribution is -2.56. The predicted molar refractivity (Wildman–Crippen MR) is 139 cm³/mol. The van der Waals surface area contributed by atoms with E-state index < -0.39 is 42.0 Å². The number of aromatic hydroxyl groups is 1. The van der Waals surface area contributed by atoms with Crippen LogP contribution in [-0.2, 0) is 27.2 Å². The first-order valence-corrected chi connectivity index (χ1v) is 11.0. The molecule has 198 valence electrons. The minimum atomic E-state index is -1.36. The van der Waals surface area contributed by atoms with Gasteiger partial charge in [-0.1, -0.05) is 38.6 Å². The molecule has 0 aromatic heterocycles. The number of hydrogen-bond donors (Lipinski definition) is 7. The number of aliphatic hydroxyl groups excluding tert-OH is 1. The number of benzene rings is 2. The molecule has 0 unspecified atom stereocenters. The molecule has 36 heavy (non-hydrogen) atoms. The SMILES string of the molecule is C.C.NC[C@H](O)C[C@@H]1NC(=O)[C@@H](N)Cc2cc(ccc2O)-c2ccc(Cl)c(c2)C[C@@H](C(=O)O)NC1=O. The van der Waals surface area contributed by atoms with E-state index in [2.05, 4.69) is 10.6 Å². The Morgan fingerprint density at radius 2 is 1.64 bits per heavy atom. The van der Waals surface area contributed by atoms with Crippen molar-refractivity contribution in [3.63, 3.8) is 0 Å². The van der Waals surface area contributed by atoms with E-state index in [0.717, 1.165) is 0 Å². The van der Waals surface area contributed by atoms with Crippen LogP contribution in [0.4, 0.5) is 0 Å². The molecule has 1 heterocycles. The van der Waals surface area contributed by atoms with Crippen molar-refractivity contribution in [3.05, 3.63) is 52.5 Å². The molecule has 4 atom stereocenters. The molecular weight excluding hydrogens is 488 g/mol. The first-order chi connectivity index (χ1) is 16.1. The van der Waals surface area contributed by atoms with Gasteiger partial charge in [-0.25, -0.2) is 4.79 Å². The van der Waals surface area contributed by atoms with Gasteiger partial charge in [0.25, 0.3) is 0 Å². The van der Waals surface area contributed by atoms with Crippen molar-refractivity contribution in [2.75, 3.05) is 6.54 Å². The smallest absolute Gasteiger partial charge is 0.326 e. The Morgan fingerprint density at radius 1 is 1.03 bits per heavy atom. The summed E-state index contributed by atoms with van der Waals surface area (Å²) in [5.41, 5.74) is 13.8. The Morgan fingerprint density at radius 3 is 2.25 bits per heavy atom. The summed E-state index contributed by atoms with van der Waals surface area (Å²) in [6.45, 7) is -0.170. The molecule has 3 rings (SSSR count). The third-order valence-electron chi connectivity index (χ3n) is 5.69.